The Labute approximate surface area is 120 Å². The zero-order valence-corrected chi connectivity index (χ0v) is 12.0. The van der Waals surface area contributed by atoms with Crippen molar-refractivity contribution in [2.24, 2.45) is 0 Å². The number of ether oxygens (including phenoxy) is 2. The number of carbonyl (C=O) groups excluding carboxylic acids is 2. The molecule has 21 heavy (non-hydrogen) atoms. The van der Waals surface area contributed by atoms with Crippen molar-refractivity contribution in [1.82, 2.24) is 4.57 Å². The van der Waals surface area contributed by atoms with Crippen LogP contribution in [0.3, 0.4) is 0 Å². The van der Waals surface area contributed by atoms with Gasteiger partial charge in [-0.2, -0.15) is 0 Å². The van der Waals surface area contributed by atoms with E-state index >= 15 is 0 Å². The van der Waals surface area contributed by atoms with Crippen molar-refractivity contribution >= 4 is 11.8 Å². The average molecular weight is 299 g/mol. The fourth-order valence-corrected chi connectivity index (χ4v) is 1.80. The standard InChI is InChI=1S/C13H17NO7/c1-4-21-13(19)9-10(16)8(7(2)15)11(17)14(12(9)18)5-6-20-3/h16,18H,4-6H2,1-3H3. The van der Waals surface area contributed by atoms with Gasteiger partial charge in [0.2, 0.25) is 5.88 Å². The van der Waals surface area contributed by atoms with Gasteiger partial charge in [-0.1, -0.05) is 0 Å². The topological polar surface area (TPSA) is 115 Å². The Bertz CT molecular complexity index is 618. The number of Topliss-reactive ketones (excluding diaryl/α,β-unsaturated/α-hetero) is 1. The van der Waals surface area contributed by atoms with Gasteiger partial charge in [0.1, 0.15) is 5.56 Å². The lowest BCUT2D eigenvalue weighted by Gasteiger charge is -2.15. The molecule has 0 aliphatic carbocycles. The summed E-state index contributed by atoms with van der Waals surface area (Å²) in [5.74, 6) is -3.40. The number of ketones is 1. The summed E-state index contributed by atoms with van der Waals surface area (Å²) in [6.45, 7) is 2.60. The number of esters is 1. The maximum absolute atomic E-state index is 12.1. The summed E-state index contributed by atoms with van der Waals surface area (Å²) in [5.41, 5.74) is -2.09. The Hall–Kier alpha value is -2.35. The summed E-state index contributed by atoms with van der Waals surface area (Å²) in [5, 5.41) is 20.0. The van der Waals surface area contributed by atoms with Gasteiger partial charge in [-0.25, -0.2) is 4.79 Å². The SMILES string of the molecule is CCOC(=O)c1c(O)c(C(C)=O)c(=O)n(CCOC)c1O. The summed E-state index contributed by atoms with van der Waals surface area (Å²) in [4.78, 5) is 35.4. The van der Waals surface area contributed by atoms with Gasteiger partial charge in [-0.15, -0.1) is 0 Å². The van der Waals surface area contributed by atoms with Crippen molar-refractivity contribution in [3.05, 3.63) is 21.5 Å². The van der Waals surface area contributed by atoms with Gasteiger partial charge in [0.15, 0.2) is 17.1 Å². The Kier molecular flexibility index (Phi) is 5.48. The van der Waals surface area contributed by atoms with Gasteiger partial charge in [-0.3, -0.25) is 14.2 Å². The molecule has 1 heterocycles. The number of carbonyl (C=O) groups is 2. The maximum Gasteiger partial charge on any atom is 0.347 e. The fraction of sp³-hybridized carbons (Fsp3) is 0.462. The van der Waals surface area contributed by atoms with Gasteiger partial charge in [0.25, 0.3) is 5.56 Å². The van der Waals surface area contributed by atoms with E-state index in [4.69, 9.17) is 9.47 Å². The molecule has 0 aromatic carbocycles. The van der Waals surface area contributed by atoms with E-state index in [-0.39, 0.29) is 19.8 Å². The number of methoxy groups -OCH3 is 1. The Balaban J connectivity index is 3.63. The van der Waals surface area contributed by atoms with Crippen molar-refractivity contribution in [2.75, 3.05) is 20.3 Å². The molecule has 0 saturated heterocycles. The zero-order chi connectivity index (χ0) is 16.2. The van der Waals surface area contributed by atoms with Crippen LogP contribution in [-0.4, -0.2) is 46.9 Å². The highest BCUT2D eigenvalue weighted by Gasteiger charge is 2.28. The van der Waals surface area contributed by atoms with Gasteiger partial charge in [0.05, 0.1) is 19.8 Å². The first-order valence-corrected chi connectivity index (χ1v) is 6.22. The van der Waals surface area contributed by atoms with E-state index in [1.807, 2.05) is 0 Å². The minimum atomic E-state index is -1.03. The molecule has 2 N–H and O–H groups in total. The molecule has 0 atom stereocenters. The van der Waals surface area contributed by atoms with E-state index in [2.05, 4.69) is 0 Å². The first-order valence-electron chi connectivity index (χ1n) is 6.22. The molecule has 116 valence electrons. The van der Waals surface area contributed by atoms with Gasteiger partial charge in [0, 0.05) is 7.11 Å². The third-order valence-corrected chi connectivity index (χ3v) is 2.76. The number of aromatic nitrogens is 1. The number of rotatable bonds is 6. The van der Waals surface area contributed by atoms with Crippen LogP contribution in [0.2, 0.25) is 0 Å². The second kappa shape index (κ2) is 6.89. The maximum atomic E-state index is 12.1. The van der Waals surface area contributed by atoms with E-state index in [0.29, 0.717) is 0 Å². The first kappa shape index (κ1) is 16.7. The second-order valence-corrected chi connectivity index (χ2v) is 4.15. The van der Waals surface area contributed by atoms with Crippen LogP contribution < -0.4 is 5.56 Å². The Morgan fingerprint density at radius 3 is 2.33 bits per heavy atom. The number of pyridine rings is 1. The van der Waals surface area contributed by atoms with Crippen molar-refractivity contribution in [1.29, 1.82) is 0 Å². The van der Waals surface area contributed by atoms with Crippen LogP contribution in [0, 0.1) is 0 Å². The summed E-state index contributed by atoms with van der Waals surface area (Å²) >= 11 is 0. The van der Waals surface area contributed by atoms with Crippen LogP contribution in [0.1, 0.15) is 34.6 Å². The average Bonchev–Trinajstić information content (AvgIpc) is 2.38. The number of nitrogens with zero attached hydrogens (tertiary/aromatic N) is 1. The molecule has 0 fully saturated rings. The highest BCUT2D eigenvalue weighted by molar-refractivity contribution is 6.03. The van der Waals surface area contributed by atoms with Crippen molar-refractivity contribution in [3.63, 3.8) is 0 Å². The largest absolute Gasteiger partial charge is 0.506 e. The lowest BCUT2D eigenvalue weighted by Crippen LogP contribution is -2.29. The Morgan fingerprint density at radius 1 is 1.24 bits per heavy atom. The monoisotopic (exact) mass is 299 g/mol. The molecule has 0 saturated carbocycles. The molecule has 0 aliphatic rings. The predicted molar refractivity (Wildman–Crippen MR) is 71.9 cm³/mol. The molecule has 0 radical (unpaired) electrons. The number of aromatic hydroxyl groups is 2. The second-order valence-electron chi connectivity index (χ2n) is 4.15. The summed E-state index contributed by atoms with van der Waals surface area (Å²) in [6, 6.07) is 0. The van der Waals surface area contributed by atoms with E-state index in [1.54, 1.807) is 6.92 Å². The minimum absolute atomic E-state index is 0.00428. The molecule has 0 unspecified atom stereocenters. The van der Waals surface area contributed by atoms with Gasteiger partial charge >= 0.3 is 5.97 Å². The third-order valence-electron chi connectivity index (χ3n) is 2.76. The van der Waals surface area contributed by atoms with Gasteiger partial charge < -0.3 is 19.7 Å². The van der Waals surface area contributed by atoms with Crippen molar-refractivity contribution in [3.8, 4) is 11.6 Å². The molecule has 0 aliphatic heterocycles. The molecule has 0 amide bonds. The van der Waals surface area contributed by atoms with Crippen molar-refractivity contribution in [2.45, 2.75) is 20.4 Å². The van der Waals surface area contributed by atoms with Crippen LogP contribution in [0.5, 0.6) is 11.6 Å². The highest BCUT2D eigenvalue weighted by Crippen LogP contribution is 2.29. The molecular formula is C13H17NO7. The molecular weight excluding hydrogens is 282 g/mol. The van der Waals surface area contributed by atoms with Crippen LogP contribution in [0.15, 0.2) is 4.79 Å². The lowest BCUT2D eigenvalue weighted by molar-refractivity contribution is 0.0516. The molecule has 8 nitrogen and oxygen atoms in total. The van der Waals surface area contributed by atoms with Crippen molar-refractivity contribution < 1.29 is 29.3 Å². The number of hydrogen-bond donors (Lipinski definition) is 2. The molecule has 1 rings (SSSR count). The lowest BCUT2D eigenvalue weighted by atomic mass is 10.1. The molecule has 1 aromatic rings. The number of hydrogen-bond acceptors (Lipinski definition) is 7. The fourth-order valence-electron chi connectivity index (χ4n) is 1.80. The molecule has 0 bridgehead atoms. The minimum Gasteiger partial charge on any atom is -0.506 e. The summed E-state index contributed by atoms with van der Waals surface area (Å²) in [7, 11) is 1.39. The first-order chi connectivity index (χ1) is 9.86. The van der Waals surface area contributed by atoms with E-state index in [9.17, 15) is 24.6 Å². The highest BCUT2D eigenvalue weighted by atomic mass is 16.5. The van der Waals surface area contributed by atoms with E-state index in [1.165, 1.54) is 7.11 Å². The van der Waals surface area contributed by atoms with E-state index in [0.717, 1.165) is 11.5 Å². The van der Waals surface area contributed by atoms with Crippen LogP contribution in [0.4, 0.5) is 0 Å². The normalized spacial score (nSPS) is 10.4. The van der Waals surface area contributed by atoms with Crippen LogP contribution >= 0.6 is 0 Å². The van der Waals surface area contributed by atoms with Gasteiger partial charge in [-0.05, 0) is 13.8 Å². The van der Waals surface area contributed by atoms with E-state index < -0.39 is 40.1 Å². The quantitative estimate of drug-likeness (QED) is 0.572. The summed E-state index contributed by atoms with van der Waals surface area (Å²) < 4.78 is 10.3. The molecule has 8 heteroatoms. The molecule has 1 aromatic heterocycles. The molecule has 0 spiro atoms. The van der Waals surface area contributed by atoms with Crippen LogP contribution in [-0.2, 0) is 16.0 Å². The Morgan fingerprint density at radius 2 is 1.86 bits per heavy atom. The third kappa shape index (κ3) is 3.22. The smallest absolute Gasteiger partial charge is 0.347 e. The van der Waals surface area contributed by atoms with Crippen LogP contribution in [0.25, 0.3) is 0 Å². The predicted octanol–water partition coefficient (Wildman–Crippen LogP) is 0.285. The zero-order valence-electron chi connectivity index (χ0n) is 12.0. The summed E-state index contributed by atoms with van der Waals surface area (Å²) in [6.07, 6.45) is 0.